The number of alkyl halides is 2. The minimum Gasteiger partial charge on any atom is -0.435 e. The van der Waals surface area contributed by atoms with Crippen molar-refractivity contribution in [1.29, 1.82) is 0 Å². The summed E-state index contributed by atoms with van der Waals surface area (Å²) in [6.45, 7) is -1.16. The number of rotatable bonds is 4. The van der Waals surface area contributed by atoms with E-state index in [0.29, 0.717) is 5.56 Å². The maximum Gasteiger partial charge on any atom is 0.387 e. The van der Waals surface area contributed by atoms with Crippen LogP contribution in [0.2, 0.25) is 0 Å². The molecule has 1 unspecified atom stereocenters. The molecule has 1 N–H and O–H groups in total. The van der Waals surface area contributed by atoms with Crippen molar-refractivity contribution in [3.8, 4) is 5.75 Å². The summed E-state index contributed by atoms with van der Waals surface area (Å²) >= 11 is 0. The van der Waals surface area contributed by atoms with Gasteiger partial charge in [0.1, 0.15) is 11.6 Å². The van der Waals surface area contributed by atoms with Crippen LogP contribution in [-0.4, -0.2) is 13.7 Å². The van der Waals surface area contributed by atoms with Gasteiger partial charge in [-0.25, -0.2) is 4.39 Å². The van der Waals surface area contributed by atoms with Crippen LogP contribution >= 0.6 is 0 Å². The van der Waals surface area contributed by atoms with Crippen LogP contribution in [0.5, 0.6) is 5.75 Å². The molecule has 0 aliphatic rings. The molecule has 5 heteroatoms. The Bertz CT molecular complexity index is 330. The van der Waals surface area contributed by atoms with Crippen LogP contribution < -0.4 is 10.1 Å². The maximum absolute atomic E-state index is 13.4. The molecule has 0 spiro atoms. The van der Waals surface area contributed by atoms with E-state index in [9.17, 15) is 13.2 Å². The molecule has 0 aliphatic heterocycles. The Hall–Kier alpha value is -1.23. The van der Waals surface area contributed by atoms with Gasteiger partial charge in [0.15, 0.2) is 0 Å². The van der Waals surface area contributed by atoms with Crippen LogP contribution in [0.3, 0.4) is 0 Å². The van der Waals surface area contributed by atoms with E-state index in [2.05, 4.69) is 10.1 Å². The van der Waals surface area contributed by atoms with E-state index in [-0.39, 0.29) is 11.8 Å². The van der Waals surface area contributed by atoms with Crippen molar-refractivity contribution in [3.63, 3.8) is 0 Å². The minimum atomic E-state index is -2.93. The van der Waals surface area contributed by atoms with Crippen LogP contribution in [0.25, 0.3) is 0 Å². The Morgan fingerprint density at radius 1 is 1.33 bits per heavy atom. The molecular weight excluding hydrogens is 207 g/mol. The molecule has 0 amide bonds. The largest absolute Gasteiger partial charge is 0.435 e. The molecule has 0 fully saturated rings. The van der Waals surface area contributed by atoms with Gasteiger partial charge in [-0.05, 0) is 20.0 Å². The third kappa shape index (κ3) is 3.13. The highest BCUT2D eigenvalue weighted by atomic mass is 19.3. The SMILES string of the molecule is CNC(C)c1ccc(OC(F)F)cc1F. The standard InChI is InChI=1S/C10H12F3NO/c1-6(14-2)8-4-3-7(5-9(8)11)15-10(12)13/h3-6,10,14H,1-2H3. The van der Waals surface area contributed by atoms with Gasteiger partial charge in [0.05, 0.1) is 0 Å². The normalized spacial score (nSPS) is 12.9. The molecular formula is C10H12F3NO. The van der Waals surface area contributed by atoms with Crippen molar-refractivity contribution in [2.24, 2.45) is 0 Å². The van der Waals surface area contributed by atoms with Gasteiger partial charge in [0, 0.05) is 17.7 Å². The fourth-order valence-corrected chi connectivity index (χ4v) is 1.19. The number of hydrogen-bond acceptors (Lipinski definition) is 2. The highest BCUT2D eigenvalue weighted by molar-refractivity contribution is 5.30. The molecule has 0 aromatic heterocycles. The predicted octanol–water partition coefficient (Wildman–Crippen LogP) is 2.71. The summed E-state index contributed by atoms with van der Waals surface area (Å²) in [4.78, 5) is 0. The topological polar surface area (TPSA) is 21.3 Å². The molecule has 1 aromatic rings. The third-order valence-electron chi connectivity index (χ3n) is 2.10. The second-order valence-corrected chi connectivity index (χ2v) is 3.07. The lowest BCUT2D eigenvalue weighted by Gasteiger charge is -2.12. The van der Waals surface area contributed by atoms with Crippen LogP contribution in [-0.2, 0) is 0 Å². The first kappa shape index (κ1) is 11.8. The predicted molar refractivity (Wildman–Crippen MR) is 50.5 cm³/mol. The summed E-state index contributed by atoms with van der Waals surface area (Å²) in [6, 6.07) is 3.52. The molecule has 1 rings (SSSR count). The Kier molecular flexibility index (Phi) is 3.96. The zero-order chi connectivity index (χ0) is 11.4. The van der Waals surface area contributed by atoms with Gasteiger partial charge in [0.2, 0.25) is 0 Å². The van der Waals surface area contributed by atoms with Gasteiger partial charge in [-0.3, -0.25) is 0 Å². The van der Waals surface area contributed by atoms with Gasteiger partial charge in [-0.1, -0.05) is 6.07 Å². The Morgan fingerprint density at radius 3 is 2.47 bits per heavy atom. The Morgan fingerprint density at radius 2 is 2.00 bits per heavy atom. The van der Waals surface area contributed by atoms with Gasteiger partial charge in [-0.15, -0.1) is 0 Å². The van der Waals surface area contributed by atoms with Crippen LogP contribution in [0, 0.1) is 5.82 Å². The highest BCUT2D eigenvalue weighted by Crippen LogP contribution is 2.22. The van der Waals surface area contributed by atoms with Crippen molar-refractivity contribution < 1.29 is 17.9 Å². The summed E-state index contributed by atoms with van der Waals surface area (Å²) in [5.74, 6) is -0.732. The fourth-order valence-electron chi connectivity index (χ4n) is 1.19. The zero-order valence-corrected chi connectivity index (χ0v) is 8.43. The van der Waals surface area contributed by atoms with E-state index in [1.165, 1.54) is 12.1 Å². The lowest BCUT2D eigenvalue weighted by atomic mass is 10.1. The highest BCUT2D eigenvalue weighted by Gasteiger charge is 2.11. The van der Waals surface area contributed by atoms with Gasteiger partial charge >= 0.3 is 6.61 Å². The summed E-state index contributed by atoms with van der Waals surface area (Å²) in [5, 5.41) is 2.85. The Balaban J connectivity index is 2.88. The average Bonchev–Trinajstić information content (AvgIpc) is 2.16. The molecule has 1 aromatic carbocycles. The molecule has 0 saturated carbocycles. The summed E-state index contributed by atoms with van der Waals surface area (Å²) in [5.41, 5.74) is 0.416. The third-order valence-corrected chi connectivity index (χ3v) is 2.10. The second kappa shape index (κ2) is 5.02. The first-order valence-corrected chi connectivity index (χ1v) is 4.46. The van der Waals surface area contributed by atoms with Crippen molar-refractivity contribution in [3.05, 3.63) is 29.6 Å². The summed E-state index contributed by atoms with van der Waals surface area (Å²) in [7, 11) is 1.69. The zero-order valence-electron chi connectivity index (χ0n) is 8.43. The van der Waals surface area contributed by atoms with Crippen LogP contribution in [0.15, 0.2) is 18.2 Å². The second-order valence-electron chi connectivity index (χ2n) is 3.07. The number of benzene rings is 1. The molecule has 0 bridgehead atoms. The minimum absolute atomic E-state index is 0.172. The van der Waals surface area contributed by atoms with E-state index in [0.717, 1.165) is 6.07 Å². The molecule has 2 nitrogen and oxygen atoms in total. The Labute approximate surface area is 86.1 Å². The van der Waals surface area contributed by atoms with Gasteiger partial charge < -0.3 is 10.1 Å². The van der Waals surface area contributed by atoms with Crippen molar-refractivity contribution >= 4 is 0 Å². The monoisotopic (exact) mass is 219 g/mol. The molecule has 1 atom stereocenters. The van der Waals surface area contributed by atoms with Crippen LogP contribution in [0.4, 0.5) is 13.2 Å². The van der Waals surface area contributed by atoms with Crippen LogP contribution in [0.1, 0.15) is 18.5 Å². The number of hydrogen-bond donors (Lipinski definition) is 1. The van der Waals surface area contributed by atoms with E-state index in [1.807, 2.05) is 0 Å². The molecule has 0 radical (unpaired) electrons. The molecule has 15 heavy (non-hydrogen) atoms. The first-order chi connectivity index (χ1) is 7.04. The first-order valence-electron chi connectivity index (χ1n) is 4.46. The van der Waals surface area contributed by atoms with E-state index in [1.54, 1.807) is 14.0 Å². The summed E-state index contributed by atoms with van der Waals surface area (Å²) < 4.78 is 41.1. The molecule has 0 heterocycles. The quantitative estimate of drug-likeness (QED) is 0.840. The maximum atomic E-state index is 13.4. The molecule has 84 valence electrons. The van der Waals surface area contributed by atoms with Crippen molar-refractivity contribution in [2.75, 3.05) is 7.05 Å². The average molecular weight is 219 g/mol. The number of nitrogens with one attached hydrogen (secondary N) is 1. The molecule has 0 aliphatic carbocycles. The van der Waals surface area contributed by atoms with E-state index in [4.69, 9.17) is 0 Å². The fraction of sp³-hybridized carbons (Fsp3) is 0.400. The lowest BCUT2D eigenvalue weighted by Crippen LogP contribution is -2.14. The summed E-state index contributed by atoms with van der Waals surface area (Å²) in [6.07, 6.45) is 0. The smallest absolute Gasteiger partial charge is 0.387 e. The van der Waals surface area contributed by atoms with Gasteiger partial charge in [-0.2, -0.15) is 8.78 Å². The van der Waals surface area contributed by atoms with Crippen molar-refractivity contribution in [1.82, 2.24) is 5.32 Å². The van der Waals surface area contributed by atoms with Crippen molar-refractivity contribution in [2.45, 2.75) is 19.6 Å². The van der Waals surface area contributed by atoms with Gasteiger partial charge in [0.25, 0.3) is 0 Å². The number of ether oxygens (including phenoxy) is 1. The number of halogens is 3. The van der Waals surface area contributed by atoms with E-state index >= 15 is 0 Å². The molecule has 0 saturated heterocycles. The van der Waals surface area contributed by atoms with E-state index < -0.39 is 12.4 Å². The lowest BCUT2D eigenvalue weighted by molar-refractivity contribution is -0.0500.